The van der Waals surface area contributed by atoms with Gasteiger partial charge >= 0.3 is 0 Å². The van der Waals surface area contributed by atoms with Crippen LogP contribution in [-0.4, -0.2) is 34.0 Å². The Kier molecular flexibility index (Phi) is 4.49. The van der Waals surface area contributed by atoms with Crippen molar-refractivity contribution in [2.75, 3.05) is 5.32 Å². The SMILES string of the molecule is Cc1nc(S)nc(N[C@@H]2CC[C@H]3OC4(CCCCC4)O[C@@H]23)c1I. The first-order valence-electron chi connectivity index (χ1n) is 8.42. The van der Waals surface area contributed by atoms with Crippen LogP contribution in [0.5, 0.6) is 0 Å². The molecule has 2 aliphatic carbocycles. The van der Waals surface area contributed by atoms with Gasteiger partial charge in [-0.25, -0.2) is 9.97 Å². The quantitative estimate of drug-likeness (QED) is 0.412. The average molecular weight is 447 g/mol. The summed E-state index contributed by atoms with van der Waals surface area (Å²) >= 11 is 6.59. The summed E-state index contributed by atoms with van der Waals surface area (Å²) in [4.78, 5) is 8.75. The number of aryl methyl sites for hydroxylation is 1. The van der Waals surface area contributed by atoms with Gasteiger partial charge in [0, 0.05) is 12.8 Å². The lowest BCUT2D eigenvalue weighted by Gasteiger charge is -2.33. The van der Waals surface area contributed by atoms with E-state index in [-0.39, 0.29) is 24.0 Å². The van der Waals surface area contributed by atoms with Gasteiger partial charge in [0.1, 0.15) is 11.9 Å². The summed E-state index contributed by atoms with van der Waals surface area (Å²) in [6, 6.07) is 0.247. The lowest BCUT2D eigenvalue weighted by Crippen LogP contribution is -2.38. The second-order valence-electron chi connectivity index (χ2n) is 6.81. The number of nitrogens with zero attached hydrogens (tertiary/aromatic N) is 2. The van der Waals surface area contributed by atoms with Crippen LogP contribution in [0, 0.1) is 10.5 Å². The predicted molar refractivity (Wildman–Crippen MR) is 98.9 cm³/mol. The fourth-order valence-electron chi connectivity index (χ4n) is 4.06. The van der Waals surface area contributed by atoms with Crippen LogP contribution in [0.15, 0.2) is 5.16 Å². The minimum absolute atomic E-state index is 0.127. The van der Waals surface area contributed by atoms with E-state index in [4.69, 9.17) is 9.47 Å². The van der Waals surface area contributed by atoms with Crippen LogP contribution >= 0.6 is 35.2 Å². The Labute approximate surface area is 155 Å². The lowest BCUT2D eigenvalue weighted by molar-refractivity contribution is -0.198. The third-order valence-electron chi connectivity index (χ3n) is 5.18. The lowest BCUT2D eigenvalue weighted by atomic mass is 9.94. The van der Waals surface area contributed by atoms with Gasteiger partial charge in [-0.1, -0.05) is 6.42 Å². The van der Waals surface area contributed by atoms with E-state index in [0.29, 0.717) is 5.16 Å². The Hall–Kier alpha value is -0.120. The van der Waals surface area contributed by atoms with Crippen LogP contribution in [0.2, 0.25) is 0 Å². The number of aromatic nitrogens is 2. The Bertz CT molecular complexity index is 609. The summed E-state index contributed by atoms with van der Waals surface area (Å²) in [5, 5.41) is 4.08. The van der Waals surface area contributed by atoms with Crippen molar-refractivity contribution in [3.63, 3.8) is 0 Å². The van der Waals surface area contributed by atoms with E-state index in [1.807, 2.05) is 6.92 Å². The number of hydrogen-bond acceptors (Lipinski definition) is 6. The zero-order chi connectivity index (χ0) is 16.0. The van der Waals surface area contributed by atoms with Crippen LogP contribution in [0.4, 0.5) is 5.82 Å². The highest BCUT2D eigenvalue weighted by Crippen LogP contribution is 2.46. The molecule has 1 spiro atoms. The second-order valence-corrected chi connectivity index (χ2v) is 8.29. The number of fused-ring (bicyclic) bond motifs is 1. The molecule has 126 valence electrons. The third kappa shape index (κ3) is 3.09. The fraction of sp³-hybridized carbons (Fsp3) is 0.750. The maximum atomic E-state index is 6.45. The molecular formula is C16H22IN3O2S. The molecule has 3 fully saturated rings. The number of anilines is 1. The highest BCUT2D eigenvalue weighted by Gasteiger charge is 2.53. The molecule has 1 aromatic rings. The van der Waals surface area contributed by atoms with Crippen LogP contribution in [0.3, 0.4) is 0 Å². The molecule has 0 aromatic carbocycles. The van der Waals surface area contributed by atoms with E-state index in [1.165, 1.54) is 19.3 Å². The average Bonchev–Trinajstić information content (AvgIpc) is 3.03. The van der Waals surface area contributed by atoms with Crippen molar-refractivity contribution in [3.8, 4) is 0 Å². The van der Waals surface area contributed by atoms with Crippen molar-refractivity contribution in [3.05, 3.63) is 9.26 Å². The molecule has 3 atom stereocenters. The minimum atomic E-state index is -0.308. The standard InChI is InChI=1S/C16H22IN3O2S/c1-9-12(17)14(20-15(23)18-9)19-10-5-6-11-13(10)22-16(21-11)7-3-2-4-8-16/h10-11,13H,2-8H2,1H3,(H2,18,19,20,23)/t10-,11-,13+/m1/s1. The van der Waals surface area contributed by atoms with Gasteiger partial charge in [-0.2, -0.15) is 0 Å². The van der Waals surface area contributed by atoms with Crippen molar-refractivity contribution in [2.24, 2.45) is 0 Å². The van der Waals surface area contributed by atoms with Crippen LogP contribution in [0.25, 0.3) is 0 Å². The van der Waals surface area contributed by atoms with Crippen LogP contribution in [0.1, 0.15) is 50.6 Å². The minimum Gasteiger partial charge on any atom is -0.364 e. The van der Waals surface area contributed by atoms with Gasteiger partial charge in [-0.05, 0) is 55.2 Å². The summed E-state index contributed by atoms with van der Waals surface area (Å²) in [6.07, 6.45) is 8.26. The van der Waals surface area contributed by atoms with E-state index < -0.39 is 0 Å². The number of hydrogen-bond donors (Lipinski definition) is 2. The summed E-state index contributed by atoms with van der Waals surface area (Å²) in [5.74, 6) is 0.555. The molecule has 1 saturated heterocycles. The van der Waals surface area contributed by atoms with Gasteiger partial charge in [-0.15, -0.1) is 12.6 Å². The number of ether oxygens (including phenoxy) is 2. The molecule has 1 N–H and O–H groups in total. The Balaban J connectivity index is 1.51. The molecular weight excluding hydrogens is 425 g/mol. The Morgan fingerprint density at radius 2 is 1.96 bits per heavy atom. The summed E-state index contributed by atoms with van der Waals surface area (Å²) in [5.41, 5.74) is 0.954. The molecule has 7 heteroatoms. The highest BCUT2D eigenvalue weighted by atomic mass is 127. The number of rotatable bonds is 2. The largest absolute Gasteiger partial charge is 0.364 e. The predicted octanol–water partition coefficient (Wildman–Crippen LogP) is 3.70. The first kappa shape index (κ1) is 16.4. The molecule has 0 unspecified atom stereocenters. The van der Waals surface area contributed by atoms with E-state index >= 15 is 0 Å². The Morgan fingerprint density at radius 3 is 2.74 bits per heavy atom. The van der Waals surface area contributed by atoms with Crippen LogP contribution < -0.4 is 5.32 Å². The molecule has 2 saturated carbocycles. The molecule has 1 aliphatic heterocycles. The zero-order valence-corrected chi connectivity index (χ0v) is 16.3. The van der Waals surface area contributed by atoms with Crippen molar-refractivity contribution >= 4 is 41.0 Å². The maximum absolute atomic E-state index is 6.45. The van der Waals surface area contributed by atoms with E-state index in [1.54, 1.807) is 0 Å². The van der Waals surface area contributed by atoms with E-state index in [9.17, 15) is 0 Å². The van der Waals surface area contributed by atoms with Crippen molar-refractivity contribution in [1.29, 1.82) is 0 Å². The van der Waals surface area contributed by atoms with Gasteiger partial charge < -0.3 is 14.8 Å². The normalized spacial score (nSPS) is 32.2. The summed E-state index contributed by atoms with van der Waals surface area (Å²) < 4.78 is 13.8. The first-order valence-corrected chi connectivity index (χ1v) is 9.94. The first-order chi connectivity index (χ1) is 11.1. The molecule has 23 heavy (non-hydrogen) atoms. The molecule has 2 heterocycles. The molecule has 0 bridgehead atoms. The second kappa shape index (κ2) is 6.31. The number of nitrogens with one attached hydrogen (secondary N) is 1. The molecule has 0 radical (unpaired) electrons. The molecule has 0 amide bonds. The van der Waals surface area contributed by atoms with Crippen LogP contribution in [-0.2, 0) is 9.47 Å². The highest BCUT2D eigenvalue weighted by molar-refractivity contribution is 14.1. The molecule has 3 aliphatic rings. The van der Waals surface area contributed by atoms with Gasteiger partial charge in [0.05, 0.1) is 21.4 Å². The molecule has 4 rings (SSSR count). The van der Waals surface area contributed by atoms with Crippen molar-refractivity contribution in [2.45, 2.75) is 81.1 Å². The zero-order valence-electron chi connectivity index (χ0n) is 13.2. The van der Waals surface area contributed by atoms with Gasteiger partial charge in [0.25, 0.3) is 0 Å². The molecule has 5 nitrogen and oxygen atoms in total. The van der Waals surface area contributed by atoms with E-state index in [2.05, 4.69) is 50.5 Å². The van der Waals surface area contributed by atoms with Crippen molar-refractivity contribution < 1.29 is 9.47 Å². The molecule has 1 aromatic heterocycles. The number of halogens is 1. The Morgan fingerprint density at radius 1 is 1.17 bits per heavy atom. The third-order valence-corrected chi connectivity index (χ3v) is 6.68. The van der Waals surface area contributed by atoms with Gasteiger partial charge in [0.2, 0.25) is 0 Å². The van der Waals surface area contributed by atoms with Gasteiger partial charge in [0.15, 0.2) is 10.9 Å². The summed E-state index contributed by atoms with van der Waals surface area (Å²) in [7, 11) is 0. The fourth-order valence-corrected chi connectivity index (χ4v) is 4.71. The van der Waals surface area contributed by atoms with Gasteiger partial charge in [-0.3, -0.25) is 0 Å². The maximum Gasteiger partial charge on any atom is 0.186 e. The van der Waals surface area contributed by atoms with E-state index in [0.717, 1.165) is 40.8 Å². The monoisotopic (exact) mass is 447 g/mol. The topological polar surface area (TPSA) is 56.3 Å². The number of thiol groups is 1. The summed E-state index contributed by atoms with van der Waals surface area (Å²) in [6.45, 7) is 1.98. The van der Waals surface area contributed by atoms with Crippen molar-refractivity contribution in [1.82, 2.24) is 9.97 Å². The smallest absolute Gasteiger partial charge is 0.186 e.